The minimum absolute atomic E-state index is 0.0738. The van der Waals surface area contributed by atoms with Crippen molar-refractivity contribution in [3.8, 4) is 0 Å². The molecule has 3 aromatic rings. The Kier molecular flexibility index (Phi) is 7.74. The zero-order valence-corrected chi connectivity index (χ0v) is 20.2. The van der Waals surface area contributed by atoms with E-state index < -0.39 is 28.0 Å². The number of benzene rings is 2. The Morgan fingerprint density at radius 2 is 1.86 bits per heavy atom. The highest BCUT2D eigenvalue weighted by atomic mass is 32.2. The van der Waals surface area contributed by atoms with Gasteiger partial charge in [0.2, 0.25) is 10.0 Å². The normalized spacial score (nSPS) is 15.5. The largest absolute Gasteiger partial charge is 0.453 e. The van der Waals surface area contributed by atoms with Crippen LogP contribution in [-0.4, -0.2) is 62.0 Å². The number of nitrogens with zero attached hydrogens (tertiary/aromatic N) is 2. The van der Waals surface area contributed by atoms with Gasteiger partial charge in [-0.3, -0.25) is 14.6 Å². The first-order chi connectivity index (χ1) is 16.8. The Bertz CT molecular complexity index is 1320. The molecular weight excluding hydrogens is 470 g/mol. The molecule has 2 heterocycles. The van der Waals surface area contributed by atoms with Gasteiger partial charge in [0.15, 0.2) is 6.10 Å². The molecule has 1 aliphatic rings. The van der Waals surface area contributed by atoms with Crippen molar-refractivity contribution in [1.29, 1.82) is 0 Å². The highest BCUT2D eigenvalue weighted by Crippen LogP contribution is 2.21. The molecule has 10 heteroatoms. The van der Waals surface area contributed by atoms with E-state index in [1.165, 1.54) is 23.4 Å². The number of hydrogen-bond donors (Lipinski definition) is 1. The number of fused-ring (bicyclic) bond motifs is 1. The van der Waals surface area contributed by atoms with Crippen molar-refractivity contribution in [2.45, 2.75) is 30.8 Å². The van der Waals surface area contributed by atoms with Gasteiger partial charge < -0.3 is 14.8 Å². The van der Waals surface area contributed by atoms with Gasteiger partial charge in [0, 0.05) is 36.3 Å². The van der Waals surface area contributed by atoms with Crippen molar-refractivity contribution in [2.75, 3.05) is 31.6 Å². The number of hydrogen-bond acceptors (Lipinski definition) is 7. The lowest BCUT2D eigenvalue weighted by Gasteiger charge is -2.26. The second-order valence-corrected chi connectivity index (χ2v) is 10.1. The summed E-state index contributed by atoms with van der Waals surface area (Å²) in [4.78, 5) is 29.4. The number of rotatable bonds is 8. The number of carbonyl (C=O) groups excluding carboxylic acids is 2. The minimum atomic E-state index is -3.70. The molecule has 1 fully saturated rings. The van der Waals surface area contributed by atoms with E-state index in [2.05, 4.69) is 10.3 Å². The molecule has 0 aliphatic carbocycles. The number of amides is 1. The Labute approximate surface area is 204 Å². The second kappa shape index (κ2) is 10.9. The molecule has 1 atom stereocenters. The molecular formula is C25H27N3O6S. The first-order valence-electron chi connectivity index (χ1n) is 11.4. The summed E-state index contributed by atoms with van der Waals surface area (Å²) in [6, 6.07) is 17.5. The number of morpholine rings is 1. The first-order valence-corrected chi connectivity index (χ1v) is 12.8. The van der Waals surface area contributed by atoms with Gasteiger partial charge in [0.05, 0.1) is 30.0 Å². The van der Waals surface area contributed by atoms with E-state index in [9.17, 15) is 18.0 Å². The SMILES string of the molecule is CC(OC(=O)CCc1ccc2ccccc2n1)C(=O)Nc1cccc(S(=O)(=O)N2CCOCC2)c1. The average Bonchev–Trinajstić information content (AvgIpc) is 2.88. The smallest absolute Gasteiger partial charge is 0.306 e. The molecule has 0 spiro atoms. The van der Waals surface area contributed by atoms with Crippen molar-refractivity contribution in [3.63, 3.8) is 0 Å². The molecule has 2 aromatic carbocycles. The summed E-state index contributed by atoms with van der Waals surface area (Å²) in [5.74, 6) is -1.07. The highest BCUT2D eigenvalue weighted by Gasteiger charge is 2.27. The third kappa shape index (κ3) is 6.21. The zero-order valence-electron chi connectivity index (χ0n) is 19.3. The lowest BCUT2D eigenvalue weighted by molar-refractivity contribution is -0.153. The first kappa shape index (κ1) is 24.8. The third-order valence-corrected chi connectivity index (χ3v) is 7.52. The Balaban J connectivity index is 1.31. The number of ether oxygens (including phenoxy) is 2. The number of pyridine rings is 1. The van der Waals surface area contributed by atoms with Crippen LogP contribution in [0.5, 0.6) is 0 Å². The number of aryl methyl sites for hydroxylation is 1. The molecule has 0 bridgehead atoms. The van der Waals surface area contributed by atoms with Crippen LogP contribution in [0.4, 0.5) is 5.69 Å². The molecule has 1 aliphatic heterocycles. The molecule has 9 nitrogen and oxygen atoms in total. The summed E-state index contributed by atoms with van der Waals surface area (Å²) in [5.41, 5.74) is 1.91. The maximum Gasteiger partial charge on any atom is 0.306 e. The number of sulfonamides is 1. The van der Waals surface area contributed by atoms with Crippen LogP contribution in [0.25, 0.3) is 10.9 Å². The summed E-state index contributed by atoms with van der Waals surface area (Å²) in [5, 5.41) is 3.64. The monoisotopic (exact) mass is 497 g/mol. The third-order valence-electron chi connectivity index (χ3n) is 5.63. The molecule has 184 valence electrons. The van der Waals surface area contributed by atoms with E-state index in [0.29, 0.717) is 25.3 Å². The molecule has 1 aromatic heterocycles. The molecule has 0 saturated carbocycles. The van der Waals surface area contributed by atoms with Gasteiger partial charge >= 0.3 is 5.97 Å². The lowest BCUT2D eigenvalue weighted by atomic mass is 10.1. The van der Waals surface area contributed by atoms with Gasteiger partial charge in [-0.2, -0.15) is 4.31 Å². The van der Waals surface area contributed by atoms with Gasteiger partial charge in [-0.25, -0.2) is 8.42 Å². The van der Waals surface area contributed by atoms with E-state index >= 15 is 0 Å². The van der Waals surface area contributed by atoms with Gasteiger partial charge in [0.1, 0.15) is 0 Å². The number of anilines is 1. The Morgan fingerprint density at radius 3 is 2.66 bits per heavy atom. The average molecular weight is 498 g/mol. The summed E-state index contributed by atoms with van der Waals surface area (Å²) in [6.07, 6.45) is -0.582. The highest BCUT2D eigenvalue weighted by molar-refractivity contribution is 7.89. The zero-order chi connectivity index (χ0) is 24.8. The van der Waals surface area contributed by atoms with Crippen molar-refractivity contribution < 1.29 is 27.5 Å². The Morgan fingerprint density at radius 1 is 1.09 bits per heavy atom. The molecule has 0 radical (unpaired) electrons. The van der Waals surface area contributed by atoms with E-state index in [4.69, 9.17) is 9.47 Å². The van der Waals surface area contributed by atoms with Crippen molar-refractivity contribution in [3.05, 3.63) is 66.4 Å². The minimum Gasteiger partial charge on any atom is -0.453 e. The second-order valence-electron chi connectivity index (χ2n) is 8.16. The predicted octanol–water partition coefficient (Wildman–Crippen LogP) is 2.76. The summed E-state index contributed by atoms with van der Waals surface area (Å²) >= 11 is 0. The number of carbonyl (C=O) groups is 2. The van der Waals surface area contributed by atoms with Crippen LogP contribution in [0.2, 0.25) is 0 Å². The fourth-order valence-electron chi connectivity index (χ4n) is 3.70. The van der Waals surface area contributed by atoms with E-state index in [-0.39, 0.29) is 24.4 Å². The van der Waals surface area contributed by atoms with E-state index in [0.717, 1.165) is 16.6 Å². The summed E-state index contributed by atoms with van der Waals surface area (Å²) < 4.78 is 37.5. The van der Waals surface area contributed by atoms with Crippen LogP contribution in [0.1, 0.15) is 19.0 Å². The van der Waals surface area contributed by atoms with Gasteiger partial charge in [-0.15, -0.1) is 0 Å². The molecule has 1 N–H and O–H groups in total. The van der Waals surface area contributed by atoms with Crippen LogP contribution >= 0.6 is 0 Å². The molecule has 1 unspecified atom stereocenters. The summed E-state index contributed by atoms with van der Waals surface area (Å²) in [7, 11) is -3.70. The predicted molar refractivity (Wildman–Crippen MR) is 130 cm³/mol. The van der Waals surface area contributed by atoms with Gasteiger partial charge in [-0.05, 0) is 37.3 Å². The maximum absolute atomic E-state index is 12.8. The number of para-hydroxylation sites is 1. The van der Waals surface area contributed by atoms with E-state index in [1.54, 1.807) is 12.1 Å². The standard InChI is InChI=1S/C25H27N3O6S/c1-18(34-24(29)12-11-20-10-9-19-5-2-3-8-23(19)26-20)25(30)27-21-6-4-7-22(17-21)35(31,32)28-13-15-33-16-14-28/h2-10,17-18H,11-16H2,1H3,(H,27,30). The quantitative estimate of drug-likeness (QED) is 0.476. The number of esters is 1. The molecule has 4 rings (SSSR count). The summed E-state index contributed by atoms with van der Waals surface area (Å²) in [6.45, 7) is 2.71. The molecule has 35 heavy (non-hydrogen) atoms. The van der Waals surface area contributed by atoms with Crippen LogP contribution in [0.3, 0.4) is 0 Å². The van der Waals surface area contributed by atoms with Crippen molar-refractivity contribution >= 4 is 38.5 Å². The van der Waals surface area contributed by atoms with E-state index in [1.807, 2.05) is 36.4 Å². The topological polar surface area (TPSA) is 115 Å². The van der Waals surface area contributed by atoms with Crippen molar-refractivity contribution in [2.24, 2.45) is 0 Å². The van der Waals surface area contributed by atoms with Crippen LogP contribution in [0.15, 0.2) is 65.6 Å². The molecule has 1 amide bonds. The number of nitrogens with one attached hydrogen (secondary N) is 1. The van der Waals surface area contributed by atoms with Crippen LogP contribution in [-0.2, 0) is 35.5 Å². The Hall–Kier alpha value is -3.34. The van der Waals surface area contributed by atoms with Crippen LogP contribution < -0.4 is 5.32 Å². The van der Waals surface area contributed by atoms with Gasteiger partial charge in [-0.1, -0.05) is 30.3 Å². The lowest BCUT2D eigenvalue weighted by Crippen LogP contribution is -2.40. The maximum atomic E-state index is 12.8. The fraction of sp³-hybridized carbons (Fsp3) is 0.320. The number of aromatic nitrogens is 1. The van der Waals surface area contributed by atoms with Crippen molar-refractivity contribution in [1.82, 2.24) is 9.29 Å². The van der Waals surface area contributed by atoms with Crippen LogP contribution in [0, 0.1) is 0 Å². The molecule has 1 saturated heterocycles. The van der Waals surface area contributed by atoms with Gasteiger partial charge in [0.25, 0.3) is 5.91 Å². The fourth-order valence-corrected chi connectivity index (χ4v) is 5.16.